The van der Waals surface area contributed by atoms with Crippen LogP contribution in [0, 0.1) is 11.3 Å². The Morgan fingerprint density at radius 2 is 2.19 bits per heavy atom. The molecule has 1 amide bonds. The van der Waals surface area contributed by atoms with Crippen LogP contribution in [0.1, 0.15) is 22.8 Å². The third-order valence-corrected chi connectivity index (χ3v) is 3.81. The van der Waals surface area contributed by atoms with Crippen LogP contribution in [-0.2, 0) is 0 Å². The summed E-state index contributed by atoms with van der Waals surface area (Å²) in [5.74, 6) is 1.06. The van der Waals surface area contributed by atoms with Crippen molar-refractivity contribution in [2.24, 2.45) is 0 Å². The number of carbonyl (C=O) groups excluding carboxylic acids is 1. The zero-order chi connectivity index (χ0) is 11.5. The largest absolute Gasteiger partial charge is 0.326 e. The van der Waals surface area contributed by atoms with Crippen LogP contribution < -0.4 is 0 Å². The lowest BCUT2D eigenvalue weighted by atomic mass is 10.1. The minimum absolute atomic E-state index is 0.0574. The number of nitrogens with zero attached hydrogens (tertiary/aromatic N) is 2. The van der Waals surface area contributed by atoms with Gasteiger partial charge < -0.3 is 4.90 Å². The van der Waals surface area contributed by atoms with Gasteiger partial charge >= 0.3 is 0 Å². The van der Waals surface area contributed by atoms with Crippen LogP contribution in [0.5, 0.6) is 0 Å². The first-order chi connectivity index (χ1) is 7.72. The van der Waals surface area contributed by atoms with Crippen molar-refractivity contribution < 1.29 is 4.79 Å². The van der Waals surface area contributed by atoms with Gasteiger partial charge in [-0.25, -0.2) is 0 Å². The van der Waals surface area contributed by atoms with E-state index in [2.05, 4.69) is 0 Å². The van der Waals surface area contributed by atoms with Gasteiger partial charge in [0.05, 0.1) is 17.0 Å². The molecule has 1 fully saturated rings. The van der Waals surface area contributed by atoms with Crippen LogP contribution in [-0.4, -0.2) is 28.5 Å². The van der Waals surface area contributed by atoms with Crippen LogP contribution in [0.2, 0.25) is 0 Å². The molecule has 1 heterocycles. The molecule has 0 aliphatic carbocycles. The SMILES string of the molecule is CC1SCCN1C(=O)c1ccc(C#N)cc1. The number of amides is 1. The molecule has 3 nitrogen and oxygen atoms in total. The first kappa shape index (κ1) is 11.0. The second-order valence-corrected chi connectivity index (χ2v) is 5.08. The van der Waals surface area contributed by atoms with Gasteiger partial charge in [-0.2, -0.15) is 5.26 Å². The molecular formula is C12H12N2OS. The molecule has 0 bridgehead atoms. The van der Waals surface area contributed by atoms with Crippen molar-refractivity contribution in [1.82, 2.24) is 4.90 Å². The van der Waals surface area contributed by atoms with E-state index in [4.69, 9.17) is 5.26 Å². The van der Waals surface area contributed by atoms with Gasteiger partial charge in [0, 0.05) is 17.9 Å². The van der Waals surface area contributed by atoms with Gasteiger partial charge in [-0.05, 0) is 31.2 Å². The Hall–Kier alpha value is -1.47. The van der Waals surface area contributed by atoms with Gasteiger partial charge in [-0.3, -0.25) is 4.79 Å². The van der Waals surface area contributed by atoms with Crippen molar-refractivity contribution in [1.29, 1.82) is 5.26 Å². The van der Waals surface area contributed by atoms with E-state index in [1.807, 2.05) is 17.9 Å². The van der Waals surface area contributed by atoms with Crippen molar-refractivity contribution in [3.8, 4) is 6.07 Å². The fourth-order valence-electron chi connectivity index (χ4n) is 1.71. The van der Waals surface area contributed by atoms with E-state index in [9.17, 15) is 4.79 Å². The molecule has 82 valence electrons. The van der Waals surface area contributed by atoms with Crippen LogP contribution in [0.3, 0.4) is 0 Å². The number of nitriles is 1. The second-order valence-electron chi connectivity index (χ2n) is 3.66. The molecule has 1 saturated heterocycles. The molecule has 0 N–H and O–H groups in total. The summed E-state index contributed by atoms with van der Waals surface area (Å²) >= 11 is 1.79. The molecule has 1 aromatic rings. The Balaban J connectivity index is 2.18. The van der Waals surface area contributed by atoms with Crippen molar-refractivity contribution in [3.05, 3.63) is 35.4 Å². The van der Waals surface area contributed by atoms with Crippen LogP contribution in [0.4, 0.5) is 0 Å². The molecule has 4 heteroatoms. The summed E-state index contributed by atoms with van der Waals surface area (Å²) < 4.78 is 0. The summed E-state index contributed by atoms with van der Waals surface area (Å²) in [6, 6.07) is 8.84. The molecule has 1 aliphatic rings. The first-order valence-corrected chi connectivity index (χ1v) is 6.20. The number of hydrogen-bond acceptors (Lipinski definition) is 3. The minimum atomic E-state index is 0.0574. The van der Waals surface area contributed by atoms with Gasteiger partial charge in [0.25, 0.3) is 5.91 Å². The molecule has 0 saturated carbocycles. The van der Waals surface area contributed by atoms with Gasteiger partial charge in [0.2, 0.25) is 0 Å². The highest BCUT2D eigenvalue weighted by Crippen LogP contribution is 2.24. The van der Waals surface area contributed by atoms with Crippen molar-refractivity contribution in [3.63, 3.8) is 0 Å². The minimum Gasteiger partial charge on any atom is -0.326 e. The summed E-state index contributed by atoms with van der Waals surface area (Å²) in [7, 11) is 0. The molecule has 2 rings (SSSR count). The topological polar surface area (TPSA) is 44.1 Å². The summed E-state index contributed by atoms with van der Waals surface area (Å²) in [5.41, 5.74) is 1.24. The van der Waals surface area contributed by atoms with Gasteiger partial charge in [-0.15, -0.1) is 11.8 Å². The lowest BCUT2D eigenvalue weighted by Crippen LogP contribution is -2.33. The monoisotopic (exact) mass is 232 g/mol. The lowest BCUT2D eigenvalue weighted by Gasteiger charge is -2.20. The summed E-state index contributed by atoms with van der Waals surface area (Å²) in [6.07, 6.45) is 0. The van der Waals surface area contributed by atoms with Crippen molar-refractivity contribution >= 4 is 17.7 Å². The number of carbonyl (C=O) groups is 1. The van der Waals surface area contributed by atoms with Gasteiger partial charge in [-0.1, -0.05) is 0 Å². The quantitative estimate of drug-likeness (QED) is 0.744. The predicted molar refractivity (Wildman–Crippen MR) is 64.1 cm³/mol. The third kappa shape index (κ3) is 2.05. The van der Waals surface area contributed by atoms with Crippen LogP contribution in [0.25, 0.3) is 0 Å². The summed E-state index contributed by atoms with van der Waals surface area (Å²) in [6.45, 7) is 2.85. The van der Waals surface area contributed by atoms with E-state index in [-0.39, 0.29) is 11.3 Å². The molecule has 1 aromatic carbocycles. The molecule has 0 spiro atoms. The van der Waals surface area contributed by atoms with Crippen LogP contribution in [0.15, 0.2) is 24.3 Å². The molecule has 0 radical (unpaired) electrons. The molecule has 1 aliphatic heterocycles. The fraction of sp³-hybridized carbons (Fsp3) is 0.333. The molecular weight excluding hydrogens is 220 g/mol. The standard InChI is InChI=1S/C12H12N2OS/c1-9-14(6-7-16-9)12(15)11-4-2-10(8-13)3-5-11/h2-5,9H,6-7H2,1H3. The van der Waals surface area contributed by atoms with Crippen LogP contribution >= 0.6 is 11.8 Å². The second kappa shape index (κ2) is 4.58. The Bertz CT molecular complexity index is 435. The van der Waals surface area contributed by atoms with E-state index >= 15 is 0 Å². The Labute approximate surface area is 99.1 Å². The average Bonchev–Trinajstić information content (AvgIpc) is 2.75. The van der Waals surface area contributed by atoms with E-state index in [1.165, 1.54) is 0 Å². The first-order valence-electron chi connectivity index (χ1n) is 5.15. The molecule has 16 heavy (non-hydrogen) atoms. The fourth-order valence-corrected chi connectivity index (χ4v) is 2.74. The lowest BCUT2D eigenvalue weighted by molar-refractivity contribution is 0.0768. The smallest absolute Gasteiger partial charge is 0.254 e. The Kier molecular flexibility index (Phi) is 3.16. The summed E-state index contributed by atoms with van der Waals surface area (Å²) in [5, 5.41) is 8.92. The molecule has 0 aromatic heterocycles. The van der Waals surface area contributed by atoms with E-state index in [0.717, 1.165) is 12.3 Å². The van der Waals surface area contributed by atoms with E-state index < -0.39 is 0 Å². The maximum Gasteiger partial charge on any atom is 0.254 e. The molecule has 1 unspecified atom stereocenters. The maximum absolute atomic E-state index is 12.1. The average molecular weight is 232 g/mol. The number of hydrogen-bond donors (Lipinski definition) is 0. The number of thioether (sulfide) groups is 1. The normalized spacial score (nSPS) is 19.5. The summed E-state index contributed by atoms with van der Waals surface area (Å²) in [4.78, 5) is 14.0. The number of rotatable bonds is 1. The molecule has 1 atom stereocenters. The highest BCUT2D eigenvalue weighted by molar-refractivity contribution is 8.00. The Morgan fingerprint density at radius 1 is 1.50 bits per heavy atom. The zero-order valence-electron chi connectivity index (χ0n) is 9.01. The van der Waals surface area contributed by atoms with E-state index in [0.29, 0.717) is 11.1 Å². The third-order valence-electron chi connectivity index (χ3n) is 2.65. The van der Waals surface area contributed by atoms with Gasteiger partial charge in [0.15, 0.2) is 0 Å². The van der Waals surface area contributed by atoms with E-state index in [1.54, 1.807) is 36.0 Å². The highest BCUT2D eigenvalue weighted by Gasteiger charge is 2.26. The van der Waals surface area contributed by atoms with Crippen molar-refractivity contribution in [2.75, 3.05) is 12.3 Å². The number of benzene rings is 1. The highest BCUT2D eigenvalue weighted by atomic mass is 32.2. The van der Waals surface area contributed by atoms with Crippen molar-refractivity contribution in [2.45, 2.75) is 12.3 Å². The van der Waals surface area contributed by atoms with Gasteiger partial charge in [0.1, 0.15) is 0 Å². The predicted octanol–water partition coefficient (Wildman–Crippen LogP) is 2.09. The Morgan fingerprint density at radius 3 is 2.69 bits per heavy atom. The zero-order valence-corrected chi connectivity index (χ0v) is 9.83. The maximum atomic E-state index is 12.1.